The van der Waals surface area contributed by atoms with Gasteiger partial charge >= 0.3 is 6.03 Å². The first-order valence-corrected chi connectivity index (χ1v) is 18.3. The average Bonchev–Trinajstić information content (AvgIpc) is 3.48. The second-order valence-corrected chi connectivity index (χ2v) is 16.1. The molecule has 2 aromatic carbocycles. The van der Waals surface area contributed by atoms with E-state index in [1.807, 2.05) is 87.9 Å². The van der Waals surface area contributed by atoms with Crippen LogP contribution in [0, 0.1) is 0 Å². The monoisotopic (exact) mass is 707 g/mol. The summed E-state index contributed by atoms with van der Waals surface area (Å²) >= 11 is 0. The van der Waals surface area contributed by atoms with Crippen LogP contribution in [0.1, 0.15) is 82.1 Å². The number of anilines is 2. The molecule has 0 radical (unpaired) electrons. The molecule has 0 fully saturated rings. The lowest BCUT2D eigenvalue weighted by Crippen LogP contribution is -2.37. The number of fused-ring (bicyclic) bond motifs is 2. The molecule has 0 spiro atoms. The molecule has 2 amide bonds. The Hall–Kier alpha value is -4.40. The molecule has 0 saturated heterocycles. The number of hydrogen-bond donors (Lipinski definition) is 3. The number of nitrogens with one attached hydrogen (secondary N) is 3. The molecule has 2 aromatic heterocycles. The van der Waals surface area contributed by atoms with E-state index in [0.717, 1.165) is 28.2 Å². The fraction of sp³-hybridized carbons (Fsp3) is 0.472. The number of methoxy groups -OCH3 is 2. The van der Waals surface area contributed by atoms with Gasteiger partial charge in [-0.05, 0) is 87.2 Å². The lowest BCUT2D eigenvalue weighted by molar-refractivity contribution is 0.170. The van der Waals surface area contributed by atoms with Gasteiger partial charge in [0.1, 0.15) is 11.9 Å². The Morgan fingerprint density at radius 2 is 1.68 bits per heavy atom. The third-order valence-corrected chi connectivity index (χ3v) is 10.5. The summed E-state index contributed by atoms with van der Waals surface area (Å²) in [5.74, 6) is 1.47. The smallest absolute Gasteiger partial charge is 0.319 e. The van der Waals surface area contributed by atoms with Gasteiger partial charge in [0.2, 0.25) is 10.0 Å². The van der Waals surface area contributed by atoms with Crippen LogP contribution in [0.2, 0.25) is 0 Å². The van der Waals surface area contributed by atoms with E-state index < -0.39 is 16.1 Å². The van der Waals surface area contributed by atoms with Crippen molar-refractivity contribution in [2.24, 2.45) is 0 Å². The van der Waals surface area contributed by atoms with Crippen LogP contribution < -0.4 is 24.8 Å². The highest BCUT2D eigenvalue weighted by atomic mass is 32.2. The summed E-state index contributed by atoms with van der Waals surface area (Å²) in [7, 11) is 3.15. The van der Waals surface area contributed by atoms with Crippen molar-refractivity contribution in [3.8, 4) is 11.5 Å². The van der Waals surface area contributed by atoms with Crippen molar-refractivity contribution in [1.82, 2.24) is 24.8 Å². The molecule has 0 bridgehead atoms. The number of ether oxygens (including phenoxy) is 3. The van der Waals surface area contributed by atoms with Gasteiger partial charge in [0, 0.05) is 7.11 Å². The second-order valence-electron chi connectivity index (χ2n) is 14.3. The lowest BCUT2D eigenvalue weighted by atomic mass is 9.85. The Morgan fingerprint density at radius 1 is 0.980 bits per heavy atom. The Morgan fingerprint density at radius 3 is 2.34 bits per heavy atom. The Bertz CT molecular complexity index is 1950. The standard InChI is InChI=1S/C36H49N7O6S/c1-35(2,3)23-20-28(32(48-9)29(21-23)41-50(45,46)19-18-47-8)38-34(44)37-27-15-16-30(26-13-11-10-12-25(26)27)49-24-14-17-31-39-40-33(43(31)22-24)36(4,5)42(6)7/h10-14,17,20-22,27,30,41H,15-16,18-19H2,1-9H3,(H2,37,38,44)/t27-,30+/m0/s1. The predicted molar refractivity (Wildman–Crippen MR) is 195 cm³/mol. The summed E-state index contributed by atoms with van der Waals surface area (Å²) in [4.78, 5) is 15.7. The number of sulfonamides is 1. The molecular formula is C36H49N7O6S. The first-order valence-electron chi connectivity index (χ1n) is 16.6. The van der Waals surface area contributed by atoms with Crippen LogP contribution in [-0.2, 0) is 25.7 Å². The molecule has 14 heteroatoms. The molecule has 13 nitrogen and oxygen atoms in total. The first kappa shape index (κ1) is 36.9. The van der Waals surface area contributed by atoms with Crippen LogP contribution in [-0.4, -0.2) is 74.6 Å². The summed E-state index contributed by atoms with van der Waals surface area (Å²) in [6, 6.07) is 14.6. The topological polar surface area (TPSA) is 148 Å². The number of hydrogen-bond acceptors (Lipinski definition) is 9. The molecule has 1 aliphatic rings. The van der Waals surface area contributed by atoms with E-state index in [0.29, 0.717) is 24.3 Å². The van der Waals surface area contributed by atoms with Crippen molar-refractivity contribution >= 4 is 33.1 Å². The number of carbonyl (C=O) groups is 1. The van der Waals surface area contributed by atoms with Crippen molar-refractivity contribution in [2.45, 2.75) is 70.6 Å². The zero-order chi connectivity index (χ0) is 36.4. The maximum absolute atomic E-state index is 13.6. The molecule has 2 atom stereocenters. The number of urea groups is 1. The molecule has 4 aromatic rings. The highest BCUT2D eigenvalue weighted by molar-refractivity contribution is 7.92. The minimum Gasteiger partial charge on any atom is -0.492 e. The minimum absolute atomic E-state index is 0.0340. The lowest BCUT2D eigenvalue weighted by Gasteiger charge is -2.33. The third-order valence-electron chi connectivity index (χ3n) is 9.29. The number of amides is 2. The minimum atomic E-state index is -3.75. The van der Waals surface area contributed by atoms with Crippen LogP contribution >= 0.6 is 0 Å². The number of nitrogens with zero attached hydrogens (tertiary/aromatic N) is 4. The van der Waals surface area contributed by atoms with Gasteiger partial charge in [-0.15, -0.1) is 10.2 Å². The summed E-state index contributed by atoms with van der Waals surface area (Å²) in [6.07, 6.45) is 2.99. The van der Waals surface area contributed by atoms with Gasteiger partial charge in [-0.2, -0.15) is 0 Å². The number of pyridine rings is 1. The molecule has 0 saturated carbocycles. The van der Waals surface area contributed by atoms with E-state index in [2.05, 4.69) is 44.3 Å². The summed E-state index contributed by atoms with van der Waals surface area (Å²) in [5.41, 5.74) is 3.36. The van der Waals surface area contributed by atoms with Gasteiger partial charge in [-0.3, -0.25) is 14.0 Å². The fourth-order valence-electron chi connectivity index (χ4n) is 5.92. The van der Waals surface area contributed by atoms with Crippen LogP contribution in [0.5, 0.6) is 11.5 Å². The molecule has 50 heavy (non-hydrogen) atoms. The maximum Gasteiger partial charge on any atom is 0.319 e. The first-order chi connectivity index (χ1) is 23.5. The van der Waals surface area contributed by atoms with Crippen LogP contribution in [0.4, 0.5) is 16.2 Å². The van der Waals surface area contributed by atoms with Crippen LogP contribution in [0.3, 0.4) is 0 Å². The Labute approximate surface area is 294 Å². The van der Waals surface area contributed by atoms with Crippen molar-refractivity contribution in [2.75, 3.05) is 50.7 Å². The zero-order valence-corrected chi connectivity index (χ0v) is 31.1. The van der Waals surface area contributed by atoms with Gasteiger partial charge in [-0.1, -0.05) is 45.0 Å². The van der Waals surface area contributed by atoms with E-state index in [9.17, 15) is 13.2 Å². The number of aromatic nitrogens is 3. The average molecular weight is 708 g/mol. The van der Waals surface area contributed by atoms with Crippen LogP contribution in [0.25, 0.3) is 5.65 Å². The van der Waals surface area contributed by atoms with Gasteiger partial charge in [0.05, 0.1) is 48.6 Å². The number of rotatable bonds is 12. The van der Waals surface area contributed by atoms with E-state index in [1.54, 1.807) is 6.07 Å². The Balaban J connectivity index is 1.37. The van der Waals surface area contributed by atoms with Crippen molar-refractivity contribution in [3.05, 3.63) is 77.2 Å². The molecule has 0 unspecified atom stereocenters. The van der Waals surface area contributed by atoms with Crippen molar-refractivity contribution in [1.29, 1.82) is 0 Å². The van der Waals surface area contributed by atoms with Gasteiger partial charge in [0.25, 0.3) is 0 Å². The molecule has 1 aliphatic carbocycles. The van der Waals surface area contributed by atoms with E-state index >= 15 is 0 Å². The molecule has 270 valence electrons. The fourth-order valence-corrected chi connectivity index (χ4v) is 6.90. The highest BCUT2D eigenvalue weighted by Gasteiger charge is 2.32. The SMILES string of the molecule is COCCS(=O)(=O)Nc1cc(C(C)(C)C)cc(NC(=O)N[C@H]2CC[C@@H](Oc3ccc4nnc(C(C)(C)N(C)C)n4c3)c3ccccc32)c1OC. The molecule has 3 N–H and O–H groups in total. The predicted octanol–water partition coefficient (Wildman–Crippen LogP) is 6.00. The van der Waals surface area contributed by atoms with Crippen LogP contribution in [0.15, 0.2) is 54.7 Å². The van der Waals surface area contributed by atoms with Gasteiger partial charge in [0.15, 0.2) is 17.2 Å². The number of benzene rings is 2. The Kier molecular flexibility index (Phi) is 10.7. The number of carbonyl (C=O) groups excluding carboxylic acids is 1. The van der Waals surface area contributed by atoms with E-state index in [4.69, 9.17) is 14.2 Å². The molecule has 5 rings (SSSR count). The van der Waals surface area contributed by atoms with Gasteiger partial charge in [-0.25, -0.2) is 13.2 Å². The summed E-state index contributed by atoms with van der Waals surface area (Å²) < 4.78 is 47.4. The summed E-state index contributed by atoms with van der Waals surface area (Å²) in [6.45, 7) is 10.2. The quantitative estimate of drug-likeness (QED) is 0.161. The largest absolute Gasteiger partial charge is 0.492 e. The molecule has 0 aliphatic heterocycles. The molecule has 2 heterocycles. The third kappa shape index (κ3) is 7.98. The van der Waals surface area contributed by atoms with Crippen molar-refractivity contribution in [3.63, 3.8) is 0 Å². The summed E-state index contributed by atoms with van der Waals surface area (Å²) in [5, 5.41) is 14.9. The van der Waals surface area contributed by atoms with E-state index in [1.165, 1.54) is 14.2 Å². The van der Waals surface area contributed by atoms with E-state index in [-0.39, 0.29) is 46.9 Å². The van der Waals surface area contributed by atoms with Crippen molar-refractivity contribution < 1.29 is 27.4 Å². The zero-order valence-electron chi connectivity index (χ0n) is 30.3. The highest BCUT2D eigenvalue weighted by Crippen LogP contribution is 2.41. The normalized spacial score (nSPS) is 16.6. The second kappa shape index (κ2) is 14.4. The molecular weight excluding hydrogens is 659 g/mol. The van der Waals surface area contributed by atoms with Gasteiger partial charge < -0.3 is 24.8 Å². The maximum atomic E-state index is 13.6.